The Morgan fingerprint density at radius 2 is 1.83 bits per heavy atom. The van der Waals surface area contributed by atoms with Gasteiger partial charge in [-0.15, -0.1) is 0 Å². The molecule has 0 spiro atoms. The molecule has 0 amide bonds. The average molecular weight is 245 g/mol. The highest BCUT2D eigenvalue weighted by Gasteiger charge is 2.09. The van der Waals surface area contributed by atoms with Gasteiger partial charge in [0.15, 0.2) is 0 Å². The molecule has 1 unspecified atom stereocenters. The van der Waals surface area contributed by atoms with Crippen LogP contribution in [-0.2, 0) is 0 Å². The quantitative estimate of drug-likeness (QED) is 0.877. The van der Waals surface area contributed by atoms with E-state index in [9.17, 15) is 5.11 Å². The van der Waals surface area contributed by atoms with Gasteiger partial charge >= 0.3 is 0 Å². The summed E-state index contributed by atoms with van der Waals surface area (Å²) in [6.07, 6.45) is 0.916. The van der Waals surface area contributed by atoms with Gasteiger partial charge in [-0.2, -0.15) is 0 Å². The number of aliphatic hydroxyl groups excluding tert-OH is 1. The second-order valence-corrected chi connectivity index (χ2v) is 3.76. The van der Waals surface area contributed by atoms with Crippen LogP contribution in [0.4, 0.5) is 0 Å². The summed E-state index contributed by atoms with van der Waals surface area (Å²) in [5.41, 5.74) is 0.603. The Morgan fingerprint density at radius 3 is 2.44 bits per heavy atom. The third kappa shape index (κ3) is 3.21. The molecule has 94 valence electrons. The lowest BCUT2D eigenvalue weighted by molar-refractivity contribution is 0.104. The van der Waals surface area contributed by atoms with Gasteiger partial charge in [0, 0.05) is 6.20 Å². The Morgan fingerprint density at radius 1 is 1.11 bits per heavy atom. The molecule has 2 aromatic rings. The molecule has 0 aliphatic carbocycles. The first-order chi connectivity index (χ1) is 8.79. The van der Waals surface area contributed by atoms with Crippen molar-refractivity contribution in [1.29, 1.82) is 0 Å². The van der Waals surface area contributed by atoms with Crippen molar-refractivity contribution in [3.8, 4) is 11.5 Å². The Kier molecular flexibility index (Phi) is 4.15. The lowest BCUT2D eigenvalue weighted by Gasteiger charge is -2.12. The lowest BCUT2D eigenvalue weighted by atomic mass is 10.2. The van der Waals surface area contributed by atoms with E-state index in [2.05, 4.69) is 4.98 Å². The number of pyridine rings is 1. The van der Waals surface area contributed by atoms with Crippen LogP contribution in [-0.4, -0.2) is 23.8 Å². The second-order valence-electron chi connectivity index (χ2n) is 3.76. The summed E-state index contributed by atoms with van der Waals surface area (Å²) in [5.74, 6) is 1.46. The van der Waals surface area contributed by atoms with Gasteiger partial charge in [-0.3, -0.25) is 4.98 Å². The van der Waals surface area contributed by atoms with Crippen LogP contribution in [0.1, 0.15) is 11.8 Å². The van der Waals surface area contributed by atoms with Crippen molar-refractivity contribution in [1.82, 2.24) is 4.98 Å². The van der Waals surface area contributed by atoms with E-state index in [4.69, 9.17) is 9.47 Å². The van der Waals surface area contributed by atoms with Gasteiger partial charge in [-0.25, -0.2) is 0 Å². The van der Waals surface area contributed by atoms with Crippen molar-refractivity contribution in [3.63, 3.8) is 0 Å². The minimum absolute atomic E-state index is 0.170. The summed E-state index contributed by atoms with van der Waals surface area (Å²) in [5, 5.41) is 9.87. The van der Waals surface area contributed by atoms with Crippen LogP contribution >= 0.6 is 0 Å². The highest BCUT2D eigenvalue weighted by molar-refractivity contribution is 5.31. The number of benzene rings is 1. The molecule has 0 saturated carbocycles. The predicted molar refractivity (Wildman–Crippen MR) is 67.7 cm³/mol. The molecule has 1 atom stereocenters. The summed E-state index contributed by atoms with van der Waals surface area (Å²) >= 11 is 0. The Balaban J connectivity index is 1.91. The zero-order chi connectivity index (χ0) is 12.8. The van der Waals surface area contributed by atoms with Gasteiger partial charge in [-0.1, -0.05) is 6.07 Å². The van der Waals surface area contributed by atoms with E-state index in [-0.39, 0.29) is 6.61 Å². The molecule has 0 bridgehead atoms. The van der Waals surface area contributed by atoms with Crippen molar-refractivity contribution in [3.05, 3.63) is 54.4 Å². The van der Waals surface area contributed by atoms with Crippen molar-refractivity contribution < 1.29 is 14.6 Å². The van der Waals surface area contributed by atoms with Crippen molar-refractivity contribution >= 4 is 0 Å². The predicted octanol–water partition coefficient (Wildman–Crippen LogP) is 2.20. The third-order valence-corrected chi connectivity index (χ3v) is 2.50. The Hall–Kier alpha value is -2.07. The minimum atomic E-state index is -0.728. The number of ether oxygens (including phenoxy) is 2. The first kappa shape index (κ1) is 12.4. The monoisotopic (exact) mass is 245 g/mol. The van der Waals surface area contributed by atoms with Crippen LogP contribution < -0.4 is 9.47 Å². The molecule has 0 fully saturated rings. The van der Waals surface area contributed by atoms with E-state index < -0.39 is 6.10 Å². The molecular formula is C14H15NO3. The smallest absolute Gasteiger partial charge is 0.130 e. The zero-order valence-electron chi connectivity index (χ0n) is 10.1. The highest BCUT2D eigenvalue weighted by Crippen LogP contribution is 2.18. The molecule has 1 aromatic carbocycles. The minimum Gasteiger partial charge on any atom is -0.497 e. The van der Waals surface area contributed by atoms with Gasteiger partial charge in [0.05, 0.1) is 12.8 Å². The fourth-order valence-electron chi connectivity index (χ4n) is 1.51. The van der Waals surface area contributed by atoms with Crippen molar-refractivity contribution in [2.75, 3.05) is 13.7 Å². The van der Waals surface area contributed by atoms with E-state index in [1.165, 1.54) is 0 Å². The number of rotatable bonds is 5. The molecule has 4 heteroatoms. The lowest BCUT2D eigenvalue weighted by Crippen LogP contribution is -2.10. The summed E-state index contributed by atoms with van der Waals surface area (Å²) in [7, 11) is 1.61. The van der Waals surface area contributed by atoms with Crippen LogP contribution in [0.25, 0.3) is 0 Å². The normalized spacial score (nSPS) is 11.9. The Labute approximate surface area is 106 Å². The fourth-order valence-corrected chi connectivity index (χ4v) is 1.51. The van der Waals surface area contributed by atoms with Crippen LogP contribution in [0, 0.1) is 0 Å². The number of aliphatic hydroxyl groups is 1. The molecule has 2 rings (SSSR count). The van der Waals surface area contributed by atoms with Gasteiger partial charge in [-0.05, 0) is 36.4 Å². The van der Waals surface area contributed by atoms with Gasteiger partial charge in [0.25, 0.3) is 0 Å². The molecular weight excluding hydrogens is 230 g/mol. The molecule has 1 aromatic heterocycles. The third-order valence-electron chi connectivity index (χ3n) is 2.50. The topological polar surface area (TPSA) is 51.6 Å². The van der Waals surface area contributed by atoms with Crippen LogP contribution in [0.5, 0.6) is 11.5 Å². The number of methoxy groups -OCH3 is 1. The maximum Gasteiger partial charge on any atom is 0.130 e. The summed E-state index contributed by atoms with van der Waals surface area (Å²) in [6, 6.07) is 12.6. The number of hydrogen-bond donors (Lipinski definition) is 1. The summed E-state index contributed by atoms with van der Waals surface area (Å²) in [4.78, 5) is 4.07. The van der Waals surface area contributed by atoms with Gasteiger partial charge in [0.1, 0.15) is 24.2 Å². The van der Waals surface area contributed by atoms with Crippen LogP contribution in [0.15, 0.2) is 48.7 Å². The molecule has 0 saturated heterocycles. The zero-order valence-corrected chi connectivity index (χ0v) is 10.1. The summed E-state index contributed by atoms with van der Waals surface area (Å²) in [6.45, 7) is 0.170. The fraction of sp³-hybridized carbons (Fsp3) is 0.214. The van der Waals surface area contributed by atoms with E-state index in [1.54, 1.807) is 37.6 Å². The SMILES string of the molecule is COc1ccc(OCC(O)c2ccccn2)cc1. The largest absolute Gasteiger partial charge is 0.497 e. The first-order valence-corrected chi connectivity index (χ1v) is 5.65. The standard InChI is InChI=1S/C14H15NO3/c1-17-11-5-7-12(8-6-11)18-10-14(16)13-4-2-3-9-15-13/h2-9,14,16H,10H2,1H3. The summed E-state index contributed by atoms with van der Waals surface area (Å²) < 4.78 is 10.5. The van der Waals surface area contributed by atoms with Crippen LogP contribution in [0.3, 0.4) is 0 Å². The van der Waals surface area contributed by atoms with Crippen LogP contribution in [0.2, 0.25) is 0 Å². The number of nitrogens with zero attached hydrogens (tertiary/aromatic N) is 1. The van der Waals surface area contributed by atoms with Gasteiger partial charge in [0.2, 0.25) is 0 Å². The first-order valence-electron chi connectivity index (χ1n) is 5.65. The Bertz CT molecular complexity index is 470. The molecule has 0 aliphatic rings. The van der Waals surface area contributed by atoms with Crippen molar-refractivity contribution in [2.24, 2.45) is 0 Å². The molecule has 18 heavy (non-hydrogen) atoms. The molecule has 0 radical (unpaired) electrons. The highest BCUT2D eigenvalue weighted by atomic mass is 16.5. The molecule has 1 N–H and O–H groups in total. The van der Waals surface area contributed by atoms with Gasteiger partial charge < -0.3 is 14.6 Å². The van der Waals surface area contributed by atoms with Crippen molar-refractivity contribution in [2.45, 2.75) is 6.10 Å². The van der Waals surface area contributed by atoms with E-state index >= 15 is 0 Å². The maximum atomic E-state index is 9.87. The molecule has 0 aliphatic heterocycles. The second kappa shape index (κ2) is 6.02. The average Bonchev–Trinajstić information content (AvgIpc) is 2.46. The molecule has 4 nitrogen and oxygen atoms in total. The number of hydrogen-bond acceptors (Lipinski definition) is 4. The van der Waals surface area contributed by atoms with E-state index in [0.29, 0.717) is 11.4 Å². The molecule has 1 heterocycles. The van der Waals surface area contributed by atoms with E-state index in [1.807, 2.05) is 18.2 Å². The number of aromatic nitrogens is 1. The van der Waals surface area contributed by atoms with E-state index in [0.717, 1.165) is 5.75 Å². The maximum absolute atomic E-state index is 9.87.